The number of halogens is 1. The average Bonchev–Trinajstić information content (AvgIpc) is 2.72. The molecule has 0 radical (unpaired) electrons. The van der Waals surface area contributed by atoms with E-state index in [1.165, 1.54) is 34.8 Å². The fourth-order valence-corrected chi connectivity index (χ4v) is 6.95. The number of sulfone groups is 1. The lowest BCUT2D eigenvalue weighted by atomic mass is 10.1. The van der Waals surface area contributed by atoms with Gasteiger partial charge in [-0.15, -0.1) is 0 Å². The van der Waals surface area contributed by atoms with Crippen LogP contribution in [0.4, 0.5) is 4.39 Å². The van der Waals surface area contributed by atoms with Crippen molar-refractivity contribution in [1.29, 1.82) is 0 Å². The van der Waals surface area contributed by atoms with Crippen LogP contribution in [-0.4, -0.2) is 44.7 Å². The summed E-state index contributed by atoms with van der Waals surface area (Å²) in [7, 11) is -6.69. The van der Waals surface area contributed by atoms with Gasteiger partial charge in [0.05, 0.1) is 11.0 Å². The van der Waals surface area contributed by atoms with Gasteiger partial charge in [-0.2, -0.15) is 4.31 Å². The summed E-state index contributed by atoms with van der Waals surface area (Å²) in [5.41, 5.74) is 0.538. The van der Waals surface area contributed by atoms with E-state index < -0.39 is 30.9 Å². The number of rotatable bonds is 4. The SMILES string of the molecule is CS(=O)(=O)C1CC2CCC(C1)N2S(=O)(=O)Cc1ccc(F)cc1. The summed E-state index contributed by atoms with van der Waals surface area (Å²) in [5, 5.41) is -0.447. The molecule has 2 aliphatic heterocycles. The molecule has 0 N–H and O–H groups in total. The van der Waals surface area contributed by atoms with Crippen molar-refractivity contribution in [3.05, 3.63) is 35.6 Å². The molecule has 0 aliphatic carbocycles. The average molecular weight is 361 g/mol. The van der Waals surface area contributed by atoms with Crippen LogP contribution in [0, 0.1) is 5.82 Å². The molecule has 0 spiro atoms. The normalized spacial score (nSPS) is 28.9. The minimum atomic E-state index is -3.54. The van der Waals surface area contributed by atoms with Crippen molar-refractivity contribution >= 4 is 19.9 Å². The maximum absolute atomic E-state index is 12.9. The van der Waals surface area contributed by atoms with Gasteiger partial charge >= 0.3 is 0 Å². The minimum Gasteiger partial charge on any atom is -0.229 e. The molecule has 2 unspecified atom stereocenters. The van der Waals surface area contributed by atoms with Gasteiger partial charge in [0.2, 0.25) is 10.0 Å². The maximum atomic E-state index is 12.9. The molecule has 2 atom stereocenters. The Labute approximate surface area is 136 Å². The summed E-state index contributed by atoms with van der Waals surface area (Å²) in [4.78, 5) is 0. The number of nitrogens with zero attached hydrogens (tertiary/aromatic N) is 1. The Morgan fingerprint density at radius 3 is 2.04 bits per heavy atom. The molecule has 2 bridgehead atoms. The third-order valence-corrected chi connectivity index (χ3v) is 8.34. The first-order valence-corrected chi connectivity index (χ1v) is 11.2. The monoisotopic (exact) mass is 361 g/mol. The molecule has 1 aromatic carbocycles. The van der Waals surface area contributed by atoms with Crippen molar-refractivity contribution in [2.45, 2.75) is 48.8 Å². The highest BCUT2D eigenvalue weighted by Crippen LogP contribution is 2.40. The van der Waals surface area contributed by atoms with E-state index in [0.717, 1.165) is 0 Å². The van der Waals surface area contributed by atoms with Crippen LogP contribution in [0.2, 0.25) is 0 Å². The number of hydrogen-bond acceptors (Lipinski definition) is 4. The van der Waals surface area contributed by atoms with E-state index in [4.69, 9.17) is 0 Å². The topological polar surface area (TPSA) is 71.5 Å². The van der Waals surface area contributed by atoms with Gasteiger partial charge in [0.1, 0.15) is 15.7 Å². The van der Waals surface area contributed by atoms with Crippen LogP contribution in [0.5, 0.6) is 0 Å². The molecule has 3 rings (SSSR count). The lowest BCUT2D eigenvalue weighted by Gasteiger charge is -2.37. The zero-order valence-electron chi connectivity index (χ0n) is 12.9. The highest BCUT2D eigenvalue weighted by molar-refractivity contribution is 7.91. The fourth-order valence-electron chi connectivity index (χ4n) is 3.75. The van der Waals surface area contributed by atoms with Crippen molar-refractivity contribution in [3.8, 4) is 0 Å². The first kappa shape index (κ1) is 16.9. The molecule has 0 aromatic heterocycles. The molecule has 2 fully saturated rings. The lowest BCUT2D eigenvalue weighted by Crippen LogP contribution is -2.49. The molecular weight excluding hydrogens is 341 g/mol. The molecule has 2 aliphatic rings. The van der Waals surface area contributed by atoms with Crippen LogP contribution in [0.25, 0.3) is 0 Å². The summed E-state index contributed by atoms with van der Waals surface area (Å²) >= 11 is 0. The van der Waals surface area contributed by atoms with Crippen LogP contribution in [-0.2, 0) is 25.6 Å². The molecule has 8 heteroatoms. The van der Waals surface area contributed by atoms with Crippen LogP contribution in [0.1, 0.15) is 31.2 Å². The molecule has 128 valence electrons. The van der Waals surface area contributed by atoms with Crippen molar-refractivity contribution in [2.24, 2.45) is 0 Å². The van der Waals surface area contributed by atoms with E-state index in [1.807, 2.05) is 0 Å². The van der Waals surface area contributed by atoms with Crippen LogP contribution in [0.3, 0.4) is 0 Å². The third kappa shape index (κ3) is 3.44. The zero-order chi connectivity index (χ0) is 16.8. The first-order chi connectivity index (χ1) is 10.7. The van der Waals surface area contributed by atoms with Crippen molar-refractivity contribution < 1.29 is 21.2 Å². The number of piperidine rings is 1. The highest BCUT2D eigenvalue weighted by Gasteiger charge is 2.48. The first-order valence-electron chi connectivity index (χ1n) is 7.61. The predicted molar refractivity (Wildman–Crippen MR) is 85.5 cm³/mol. The van der Waals surface area contributed by atoms with Crippen LogP contribution in [0.15, 0.2) is 24.3 Å². The lowest BCUT2D eigenvalue weighted by molar-refractivity contribution is 0.249. The molecule has 2 heterocycles. The van der Waals surface area contributed by atoms with Gasteiger partial charge in [-0.25, -0.2) is 21.2 Å². The summed E-state index contributed by atoms with van der Waals surface area (Å²) < 4.78 is 63.5. The van der Waals surface area contributed by atoms with E-state index in [9.17, 15) is 21.2 Å². The summed E-state index contributed by atoms with van der Waals surface area (Å²) in [5.74, 6) is -0.579. The van der Waals surface area contributed by atoms with Crippen molar-refractivity contribution in [2.75, 3.05) is 6.26 Å². The van der Waals surface area contributed by atoms with Crippen molar-refractivity contribution in [3.63, 3.8) is 0 Å². The molecule has 5 nitrogen and oxygen atoms in total. The van der Waals surface area contributed by atoms with Crippen LogP contribution < -0.4 is 0 Å². The molecule has 23 heavy (non-hydrogen) atoms. The molecule has 0 amide bonds. The summed E-state index contributed by atoms with van der Waals surface area (Å²) in [6, 6.07) is 4.96. The van der Waals surface area contributed by atoms with Gasteiger partial charge in [-0.05, 0) is 43.4 Å². The Bertz CT molecular complexity index is 775. The van der Waals surface area contributed by atoms with E-state index in [2.05, 4.69) is 0 Å². The second-order valence-corrected chi connectivity index (χ2v) is 10.7. The smallest absolute Gasteiger partial charge is 0.218 e. The van der Waals surface area contributed by atoms with Gasteiger partial charge in [-0.1, -0.05) is 12.1 Å². The maximum Gasteiger partial charge on any atom is 0.218 e. The molecule has 2 saturated heterocycles. The van der Waals surface area contributed by atoms with Gasteiger partial charge < -0.3 is 0 Å². The zero-order valence-corrected chi connectivity index (χ0v) is 14.5. The Morgan fingerprint density at radius 1 is 1.04 bits per heavy atom. The standard InChI is InChI=1S/C15H20FNO4S2/c1-22(18,19)15-8-13-6-7-14(9-15)17(13)23(20,21)10-11-2-4-12(16)5-3-11/h2-5,13-15H,6-10H2,1H3. The summed E-state index contributed by atoms with van der Waals surface area (Å²) in [6.07, 6.45) is 3.38. The number of benzene rings is 1. The van der Waals surface area contributed by atoms with Gasteiger partial charge in [0.25, 0.3) is 0 Å². The second-order valence-electron chi connectivity index (χ2n) is 6.52. The van der Waals surface area contributed by atoms with Crippen LogP contribution >= 0.6 is 0 Å². The number of sulfonamides is 1. The number of fused-ring (bicyclic) bond motifs is 2. The Hall–Kier alpha value is -0.990. The van der Waals surface area contributed by atoms with Gasteiger partial charge in [0.15, 0.2) is 0 Å². The Morgan fingerprint density at radius 2 is 1.57 bits per heavy atom. The van der Waals surface area contributed by atoms with Gasteiger partial charge in [0, 0.05) is 18.3 Å². The van der Waals surface area contributed by atoms with E-state index >= 15 is 0 Å². The fraction of sp³-hybridized carbons (Fsp3) is 0.600. The predicted octanol–water partition coefficient (Wildman–Crippen LogP) is 1.70. The van der Waals surface area contributed by atoms with E-state index in [0.29, 0.717) is 31.2 Å². The highest BCUT2D eigenvalue weighted by atomic mass is 32.2. The molecule has 0 saturated carbocycles. The molecular formula is C15H20FNO4S2. The molecule has 1 aromatic rings. The Balaban J connectivity index is 1.80. The van der Waals surface area contributed by atoms with E-state index in [-0.39, 0.29) is 17.8 Å². The minimum absolute atomic E-state index is 0.177. The second kappa shape index (κ2) is 5.82. The van der Waals surface area contributed by atoms with Crippen molar-refractivity contribution in [1.82, 2.24) is 4.31 Å². The quantitative estimate of drug-likeness (QED) is 0.818. The van der Waals surface area contributed by atoms with Gasteiger partial charge in [-0.3, -0.25) is 0 Å². The Kier molecular flexibility index (Phi) is 4.27. The number of hydrogen-bond donors (Lipinski definition) is 0. The summed E-state index contributed by atoms with van der Waals surface area (Å²) in [6.45, 7) is 0. The van der Waals surface area contributed by atoms with E-state index in [1.54, 1.807) is 0 Å². The third-order valence-electron chi connectivity index (χ3n) is 4.81. The largest absolute Gasteiger partial charge is 0.229 e.